The summed E-state index contributed by atoms with van der Waals surface area (Å²) in [7, 11) is 0. The van der Waals surface area contributed by atoms with Gasteiger partial charge in [0, 0.05) is 17.8 Å². The number of primary amides is 1. The Labute approximate surface area is 157 Å². The molecule has 1 aliphatic rings. The number of hydrogen-bond donors (Lipinski definition) is 4. The summed E-state index contributed by atoms with van der Waals surface area (Å²) in [4.78, 5) is 36.3. The van der Waals surface area contributed by atoms with Gasteiger partial charge in [0.25, 0.3) is 5.91 Å². The van der Waals surface area contributed by atoms with Crippen molar-refractivity contribution in [2.24, 2.45) is 11.5 Å². The van der Waals surface area contributed by atoms with E-state index in [2.05, 4.69) is 10.6 Å². The quantitative estimate of drug-likeness (QED) is 0.584. The highest BCUT2D eigenvalue weighted by Gasteiger charge is 2.49. The summed E-state index contributed by atoms with van der Waals surface area (Å²) in [6, 6.07) is 14.3. The number of hydrogen-bond acceptors (Lipinski definition) is 4. The number of nitrogens with one attached hydrogen (secondary N) is 2. The molecule has 1 fully saturated rings. The molecule has 140 valence electrons. The second-order valence-electron chi connectivity index (χ2n) is 6.73. The molecule has 0 heterocycles. The van der Waals surface area contributed by atoms with E-state index in [1.54, 1.807) is 18.2 Å². The van der Waals surface area contributed by atoms with Crippen LogP contribution in [0.15, 0.2) is 48.5 Å². The van der Waals surface area contributed by atoms with Gasteiger partial charge in [-0.3, -0.25) is 14.4 Å². The van der Waals surface area contributed by atoms with Gasteiger partial charge in [0.2, 0.25) is 11.8 Å². The van der Waals surface area contributed by atoms with E-state index in [0.29, 0.717) is 29.7 Å². The number of carbonyl (C=O) groups is 3. The maximum absolute atomic E-state index is 12.5. The minimum atomic E-state index is -0.952. The monoisotopic (exact) mass is 366 g/mol. The molecule has 7 nitrogen and oxygen atoms in total. The number of amides is 3. The third kappa shape index (κ3) is 4.51. The molecule has 0 bridgehead atoms. The summed E-state index contributed by atoms with van der Waals surface area (Å²) < 4.78 is 0. The Morgan fingerprint density at radius 3 is 2.30 bits per heavy atom. The highest BCUT2D eigenvalue weighted by atomic mass is 16.2. The summed E-state index contributed by atoms with van der Waals surface area (Å²) in [6.07, 6.45) is 1.29. The van der Waals surface area contributed by atoms with Crippen LogP contribution >= 0.6 is 0 Å². The molecule has 3 amide bonds. The molecule has 1 aliphatic carbocycles. The number of anilines is 1. The lowest BCUT2D eigenvalue weighted by atomic mass is 10.1. The van der Waals surface area contributed by atoms with Crippen molar-refractivity contribution < 1.29 is 14.4 Å². The Morgan fingerprint density at radius 2 is 1.70 bits per heavy atom. The molecular formula is C20H22N4O3. The third-order valence-corrected chi connectivity index (χ3v) is 4.56. The van der Waals surface area contributed by atoms with Gasteiger partial charge >= 0.3 is 0 Å². The first-order chi connectivity index (χ1) is 12.9. The van der Waals surface area contributed by atoms with Crippen LogP contribution in [0, 0.1) is 0 Å². The molecule has 3 rings (SSSR count). The van der Waals surface area contributed by atoms with Gasteiger partial charge in [0.15, 0.2) is 0 Å². The van der Waals surface area contributed by atoms with Crippen molar-refractivity contribution in [2.45, 2.75) is 31.3 Å². The Kier molecular flexibility index (Phi) is 5.23. The molecule has 0 unspecified atom stereocenters. The number of rotatable bonds is 7. The Balaban J connectivity index is 1.74. The van der Waals surface area contributed by atoms with Gasteiger partial charge < -0.3 is 22.1 Å². The van der Waals surface area contributed by atoms with Gasteiger partial charge in [-0.25, -0.2) is 0 Å². The summed E-state index contributed by atoms with van der Waals surface area (Å²) in [6.45, 7) is 0.212. The Morgan fingerprint density at radius 1 is 1.00 bits per heavy atom. The summed E-state index contributed by atoms with van der Waals surface area (Å²) >= 11 is 0. The average molecular weight is 366 g/mol. The molecule has 0 spiro atoms. The average Bonchev–Trinajstić information content (AvgIpc) is 3.43. The standard InChI is InChI=1S/C20H22N4O3/c21-12-14-8-15(18(26)24-20(6-7-20)19(22)27)11-16(9-14)23-17(25)10-13-4-2-1-3-5-13/h1-5,8-9,11H,6-7,10,12,21H2,(H2,22,27)(H,23,25)(H,24,26). The second kappa shape index (κ2) is 7.59. The van der Waals surface area contributed by atoms with E-state index in [0.717, 1.165) is 5.56 Å². The van der Waals surface area contributed by atoms with Crippen LogP contribution < -0.4 is 22.1 Å². The number of carbonyl (C=O) groups excluding carboxylic acids is 3. The Bertz CT molecular complexity index is 876. The topological polar surface area (TPSA) is 127 Å². The van der Waals surface area contributed by atoms with Crippen LogP contribution in [0.3, 0.4) is 0 Å². The van der Waals surface area contributed by atoms with Crippen molar-refractivity contribution in [3.8, 4) is 0 Å². The molecule has 0 atom stereocenters. The van der Waals surface area contributed by atoms with E-state index in [9.17, 15) is 14.4 Å². The zero-order chi connectivity index (χ0) is 19.4. The van der Waals surface area contributed by atoms with Gasteiger partial charge in [0.1, 0.15) is 5.54 Å². The number of nitrogens with two attached hydrogens (primary N) is 2. The Hall–Kier alpha value is -3.19. The lowest BCUT2D eigenvalue weighted by Gasteiger charge is -2.15. The van der Waals surface area contributed by atoms with E-state index in [1.165, 1.54) is 0 Å². The first kappa shape index (κ1) is 18.6. The fraction of sp³-hybridized carbons (Fsp3) is 0.250. The van der Waals surface area contributed by atoms with Gasteiger partial charge in [-0.05, 0) is 42.2 Å². The lowest BCUT2D eigenvalue weighted by Crippen LogP contribution is -2.46. The third-order valence-electron chi connectivity index (χ3n) is 4.56. The normalized spacial score (nSPS) is 14.3. The zero-order valence-electron chi connectivity index (χ0n) is 14.8. The maximum atomic E-state index is 12.5. The van der Waals surface area contributed by atoms with Crippen molar-refractivity contribution in [1.29, 1.82) is 0 Å². The molecule has 6 N–H and O–H groups in total. The summed E-state index contributed by atoms with van der Waals surface area (Å²) in [5.41, 5.74) is 12.5. The molecule has 0 saturated heterocycles. The molecule has 2 aromatic carbocycles. The molecule has 0 aromatic heterocycles. The predicted octanol–water partition coefficient (Wildman–Crippen LogP) is 1.07. The minimum Gasteiger partial charge on any atom is -0.368 e. The largest absolute Gasteiger partial charge is 0.368 e. The summed E-state index contributed by atoms with van der Waals surface area (Å²) in [5, 5.41) is 5.48. The highest BCUT2D eigenvalue weighted by molar-refractivity contribution is 6.01. The van der Waals surface area contributed by atoms with Crippen molar-refractivity contribution in [2.75, 3.05) is 5.32 Å². The number of benzene rings is 2. The first-order valence-electron chi connectivity index (χ1n) is 8.72. The van der Waals surface area contributed by atoms with Crippen molar-refractivity contribution >= 4 is 23.4 Å². The van der Waals surface area contributed by atoms with E-state index in [-0.39, 0.29) is 18.9 Å². The molecule has 2 aromatic rings. The summed E-state index contributed by atoms with van der Waals surface area (Å²) in [5.74, 6) is -1.15. The van der Waals surface area contributed by atoms with Crippen molar-refractivity contribution in [3.63, 3.8) is 0 Å². The van der Waals surface area contributed by atoms with E-state index >= 15 is 0 Å². The molecule has 1 saturated carbocycles. The lowest BCUT2D eigenvalue weighted by molar-refractivity contribution is -0.120. The fourth-order valence-electron chi connectivity index (χ4n) is 2.85. The van der Waals surface area contributed by atoms with Gasteiger partial charge in [-0.2, -0.15) is 0 Å². The van der Waals surface area contributed by atoms with Crippen molar-refractivity contribution in [3.05, 3.63) is 65.2 Å². The van der Waals surface area contributed by atoms with Crippen LogP contribution in [-0.4, -0.2) is 23.3 Å². The maximum Gasteiger partial charge on any atom is 0.252 e. The van der Waals surface area contributed by atoms with E-state index in [1.807, 2.05) is 30.3 Å². The van der Waals surface area contributed by atoms with Crippen molar-refractivity contribution in [1.82, 2.24) is 5.32 Å². The molecule has 0 aliphatic heterocycles. The SMILES string of the molecule is NCc1cc(NC(=O)Cc2ccccc2)cc(C(=O)NC2(C(N)=O)CC2)c1. The van der Waals surface area contributed by atoms with E-state index in [4.69, 9.17) is 11.5 Å². The van der Waals surface area contributed by atoms with Crippen LogP contribution in [0.5, 0.6) is 0 Å². The van der Waals surface area contributed by atoms with Crippen LogP contribution in [-0.2, 0) is 22.6 Å². The molecule has 7 heteroatoms. The van der Waals surface area contributed by atoms with Crippen LogP contribution in [0.25, 0.3) is 0 Å². The van der Waals surface area contributed by atoms with Gasteiger partial charge in [-0.15, -0.1) is 0 Å². The second-order valence-corrected chi connectivity index (χ2v) is 6.73. The van der Waals surface area contributed by atoms with Crippen LogP contribution in [0.4, 0.5) is 5.69 Å². The van der Waals surface area contributed by atoms with Gasteiger partial charge in [-0.1, -0.05) is 30.3 Å². The fourth-order valence-corrected chi connectivity index (χ4v) is 2.85. The highest BCUT2D eigenvalue weighted by Crippen LogP contribution is 2.35. The smallest absolute Gasteiger partial charge is 0.252 e. The first-order valence-corrected chi connectivity index (χ1v) is 8.72. The predicted molar refractivity (Wildman–Crippen MR) is 102 cm³/mol. The molecule has 0 radical (unpaired) electrons. The molecular weight excluding hydrogens is 344 g/mol. The van der Waals surface area contributed by atoms with Crippen LogP contribution in [0.1, 0.15) is 34.3 Å². The van der Waals surface area contributed by atoms with E-state index < -0.39 is 17.4 Å². The minimum absolute atomic E-state index is 0.197. The molecule has 27 heavy (non-hydrogen) atoms. The van der Waals surface area contributed by atoms with Crippen LogP contribution in [0.2, 0.25) is 0 Å². The van der Waals surface area contributed by atoms with Gasteiger partial charge in [0.05, 0.1) is 6.42 Å². The zero-order valence-corrected chi connectivity index (χ0v) is 14.8.